The van der Waals surface area contributed by atoms with Crippen LogP contribution in [0.2, 0.25) is 0 Å². The van der Waals surface area contributed by atoms with Crippen molar-refractivity contribution >= 4 is 0 Å². The monoisotopic (exact) mass is 176 g/mol. The van der Waals surface area contributed by atoms with E-state index in [-0.39, 0.29) is 0 Å². The lowest BCUT2D eigenvalue weighted by molar-refractivity contribution is 0.277. The quantitative estimate of drug-likeness (QED) is 0.591. The summed E-state index contributed by atoms with van der Waals surface area (Å²) in [7, 11) is 5.40. The van der Waals surface area contributed by atoms with Crippen LogP contribution in [0.4, 0.5) is 0 Å². The van der Waals surface area contributed by atoms with Crippen molar-refractivity contribution in [1.29, 1.82) is 0 Å². The lowest BCUT2D eigenvalue weighted by Crippen LogP contribution is -2.40. The summed E-state index contributed by atoms with van der Waals surface area (Å²) in [6.45, 7) is 8.74. The first-order valence-corrected chi connectivity index (χ1v) is 4.60. The summed E-state index contributed by atoms with van der Waals surface area (Å²) in [5, 5.41) is 3.27. The highest BCUT2D eigenvalue weighted by Gasteiger charge is 2.01. The Labute approximate surface area is 77.1 Å². The van der Waals surface area contributed by atoms with Gasteiger partial charge in [-0.1, -0.05) is 13.8 Å². The van der Waals surface area contributed by atoms with Crippen LogP contribution in [-0.4, -0.2) is 52.3 Å². The van der Waals surface area contributed by atoms with E-state index in [0.29, 0.717) is 0 Å². The molecule has 0 bridgehead atoms. The van der Waals surface area contributed by atoms with E-state index in [1.165, 1.54) is 13.1 Å². The second kappa shape index (κ2) is 13.5. The number of nitrogens with zero attached hydrogens (tertiary/aromatic N) is 1. The Morgan fingerprint density at radius 3 is 1.58 bits per heavy atom. The van der Waals surface area contributed by atoms with Crippen LogP contribution in [0, 0.1) is 0 Å². The topological polar surface area (TPSA) is 24.5 Å². The van der Waals surface area contributed by atoms with Crippen LogP contribution in [0.5, 0.6) is 0 Å². The second-order valence-electron chi connectivity index (χ2n) is 2.46. The molecule has 1 saturated heterocycles. The van der Waals surface area contributed by atoms with E-state index in [1.807, 2.05) is 13.8 Å². The average molecular weight is 176 g/mol. The largest absolute Gasteiger partial charge is 0.388 e. The first-order valence-electron chi connectivity index (χ1n) is 4.60. The number of rotatable bonds is 0. The third-order valence-electron chi connectivity index (χ3n) is 1.34. The summed E-state index contributed by atoms with van der Waals surface area (Å²) in [6, 6.07) is 0. The Hall–Kier alpha value is -0.120. The molecule has 1 heterocycles. The Kier molecular flexibility index (Phi) is 16.2. The van der Waals surface area contributed by atoms with Crippen molar-refractivity contribution in [3.05, 3.63) is 0 Å². The predicted octanol–water partition coefficient (Wildman–Crippen LogP) is 0.810. The van der Waals surface area contributed by atoms with Gasteiger partial charge in [-0.05, 0) is 7.05 Å². The van der Waals surface area contributed by atoms with Crippen LogP contribution in [-0.2, 0) is 4.74 Å². The number of likely N-dealkylation sites (N-methyl/N-ethyl adjacent to an activating group) is 1. The summed E-state index contributed by atoms with van der Waals surface area (Å²) < 4.78 is 4.25. The summed E-state index contributed by atoms with van der Waals surface area (Å²) in [4.78, 5) is 2.33. The SMILES string of the molecule is CC.CN1CCNCC1.COC. The smallest absolute Gasteiger partial charge is 0.0351 e. The molecule has 0 aromatic heterocycles. The zero-order valence-corrected chi connectivity index (χ0v) is 9.18. The van der Waals surface area contributed by atoms with Crippen molar-refractivity contribution in [3.8, 4) is 0 Å². The molecule has 1 N–H and O–H groups in total. The van der Waals surface area contributed by atoms with Gasteiger partial charge in [-0.15, -0.1) is 0 Å². The fourth-order valence-corrected chi connectivity index (χ4v) is 0.777. The highest BCUT2D eigenvalue weighted by atomic mass is 16.4. The summed E-state index contributed by atoms with van der Waals surface area (Å²) in [5.41, 5.74) is 0. The lowest BCUT2D eigenvalue weighted by Gasteiger charge is -2.21. The summed E-state index contributed by atoms with van der Waals surface area (Å²) in [6.07, 6.45) is 0. The molecule has 1 rings (SSSR count). The molecule has 0 aliphatic carbocycles. The van der Waals surface area contributed by atoms with Gasteiger partial charge in [0.25, 0.3) is 0 Å². The molecule has 3 heteroatoms. The summed E-state index contributed by atoms with van der Waals surface area (Å²) >= 11 is 0. The lowest BCUT2D eigenvalue weighted by atomic mass is 10.4. The van der Waals surface area contributed by atoms with Gasteiger partial charge >= 0.3 is 0 Å². The molecule has 0 saturated carbocycles. The molecule has 0 amide bonds. The van der Waals surface area contributed by atoms with Crippen molar-refractivity contribution in [2.24, 2.45) is 0 Å². The Bertz CT molecular complexity index is 63.5. The summed E-state index contributed by atoms with van der Waals surface area (Å²) in [5.74, 6) is 0. The Morgan fingerprint density at radius 2 is 1.42 bits per heavy atom. The van der Waals surface area contributed by atoms with E-state index in [9.17, 15) is 0 Å². The molecule has 0 spiro atoms. The van der Waals surface area contributed by atoms with Gasteiger partial charge in [0, 0.05) is 40.4 Å². The highest BCUT2D eigenvalue weighted by molar-refractivity contribution is 4.62. The number of nitrogens with one attached hydrogen (secondary N) is 1. The molecule has 1 fully saturated rings. The molecule has 76 valence electrons. The van der Waals surface area contributed by atoms with Gasteiger partial charge in [0.15, 0.2) is 0 Å². The minimum absolute atomic E-state index is 1.16. The number of piperazine rings is 1. The van der Waals surface area contributed by atoms with E-state index in [0.717, 1.165) is 13.1 Å². The van der Waals surface area contributed by atoms with Crippen LogP contribution >= 0.6 is 0 Å². The maximum atomic E-state index is 4.25. The molecule has 0 radical (unpaired) electrons. The van der Waals surface area contributed by atoms with Crippen LogP contribution in [0.25, 0.3) is 0 Å². The fraction of sp³-hybridized carbons (Fsp3) is 1.00. The van der Waals surface area contributed by atoms with E-state index in [4.69, 9.17) is 0 Å². The first kappa shape index (κ1) is 14.4. The van der Waals surface area contributed by atoms with E-state index >= 15 is 0 Å². The van der Waals surface area contributed by atoms with Crippen molar-refractivity contribution < 1.29 is 4.74 Å². The fourth-order valence-electron chi connectivity index (χ4n) is 0.777. The minimum Gasteiger partial charge on any atom is -0.388 e. The first-order chi connectivity index (χ1) is 5.81. The standard InChI is InChI=1S/C5H12N2.C2H6O.C2H6/c1-7-4-2-6-3-5-7;1-3-2;1-2/h6H,2-5H2,1H3;1-2H3;1-2H3. The minimum atomic E-state index is 1.16. The molecule has 3 nitrogen and oxygen atoms in total. The van der Waals surface area contributed by atoms with Gasteiger partial charge in [-0.3, -0.25) is 0 Å². The van der Waals surface area contributed by atoms with Gasteiger partial charge in [0.1, 0.15) is 0 Å². The Morgan fingerprint density at radius 1 is 1.08 bits per heavy atom. The maximum absolute atomic E-state index is 4.25. The van der Waals surface area contributed by atoms with E-state index in [1.54, 1.807) is 14.2 Å². The molecule has 0 aromatic carbocycles. The van der Waals surface area contributed by atoms with E-state index in [2.05, 4.69) is 22.0 Å². The van der Waals surface area contributed by atoms with E-state index < -0.39 is 0 Å². The van der Waals surface area contributed by atoms with Crippen molar-refractivity contribution in [3.63, 3.8) is 0 Å². The molecular weight excluding hydrogens is 152 g/mol. The van der Waals surface area contributed by atoms with Crippen LogP contribution in [0.15, 0.2) is 0 Å². The van der Waals surface area contributed by atoms with Gasteiger partial charge in [-0.25, -0.2) is 0 Å². The van der Waals surface area contributed by atoms with Crippen LogP contribution in [0.1, 0.15) is 13.8 Å². The molecular formula is C9H24N2O. The van der Waals surface area contributed by atoms with Crippen molar-refractivity contribution in [2.75, 3.05) is 47.4 Å². The number of methoxy groups -OCH3 is 1. The van der Waals surface area contributed by atoms with Gasteiger partial charge in [-0.2, -0.15) is 0 Å². The Balaban J connectivity index is 0. The third-order valence-corrected chi connectivity index (χ3v) is 1.34. The average Bonchev–Trinajstić information content (AvgIpc) is 2.11. The molecule has 12 heavy (non-hydrogen) atoms. The normalized spacial score (nSPS) is 16.8. The number of hydrogen-bond donors (Lipinski definition) is 1. The molecule has 0 unspecified atom stereocenters. The molecule has 1 aliphatic heterocycles. The second-order valence-corrected chi connectivity index (χ2v) is 2.46. The van der Waals surface area contributed by atoms with Crippen molar-refractivity contribution in [2.45, 2.75) is 13.8 Å². The zero-order valence-electron chi connectivity index (χ0n) is 9.18. The number of hydrogen-bond acceptors (Lipinski definition) is 3. The highest BCUT2D eigenvalue weighted by Crippen LogP contribution is 1.82. The van der Waals surface area contributed by atoms with Gasteiger partial charge in [0.05, 0.1) is 0 Å². The molecule has 0 aromatic rings. The van der Waals surface area contributed by atoms with Crippen LogP contribution in [0.3, 0.4) is 0 Å². The molecule has 0 atom stereocenters. The third kappa shape index (κ3) is 12.5. The predicted molar refractivity (Wildman–Crippen MR) is 54.6 cm³/mol. The zero-order chi connectivity index (χ0) is 9.82. The molecule has 1 aliphatic rings. The van der Waals surface area contributed by atoms with Crippen molar-refractivity contribution in [1.82, 2.24) is 10.2 Å². The maximum Gasteiger partial charge on any atom is 0.0351 e. The van der Waals surface area contributed by atoms with Gasteiger partial charge < -0.3 is 15.0 Å². The van der Waals surface area contributed by atoms with Gasteiger partial charge in [0.2, 0.25) is 0 Å². The van der Waals surface area contributed by atoms with Crippen LogP contribution < -0.4 is 5.32 Å². The number of ether oxygens (including phenoxy) is 1.